The van der Waals surface area contributed by atoms with Gasteiger partial charge in [-0.3, -0.25) is 4.79 Å². The van der Waals surface area contributed by atoms with Crippen LogP contribution in [0, 0.1) is 25.2 Å². The molecule has 0 saturated carbocycles. The molecule has 0 unspecified atom stereocenters. The quantitative estimate of drug-likeness (QED) is 0.317. The number of nitriles is 1. The molecule has 0 N–H and O–H groups in total. The fourth-order valence-electron chi connectivity index (χ4n) is 3.64. The molecule has 0 bridgehead atoms. The molecule has 4 rings (SSSR count). The normalized spacial score (nSPS) is 9.91. The Morgan fingerprint density at radius 2 is 1.33 bits per heavy atom. The van der Waals surface area contributed by atoms with Gasteiger partial charge in [-0.2, -0.15) is 5.26 Å². The standard InChI is InChI=1S/C13H12N2O.C13H13NO2.CH4/c1-3-12-13(9(2)16-15-12)11-7-5-4-6-10(11)8-14;1-3-12-13(9(2)16-14-12)11-7-5-4-6-10(11)8-15;/h4-7H,3H2,1-2H3;4-8H,3H2,1-2H3;1H4. The van der Waals surface area contributed by atoms with Crippen LogP contribution in [0.4, 0.5) is 0 Å². The highest BCUT2D eigenvalue weighted by Crippen LogP contribution is 2.31. The van der Waals surface area contributed by atoms with Crippen LogP contribution in [-0.2, 0) is 12.8 Å². The number of rotatable bonds is 5. The van der Waals surface area contributed by atoms with Crippen LogP contribution in [0.1, 0.15) is 60.1 Å². The van der Waals surface area contributed by atoms with E-state index in [2.05, 4.69) is 16.4 Å². The lowest BCUT2D eigenvalue weighted by atomic mass is 9.98. The van der Waals surface area contributed by atoms with Crippen LogP contribution in [0.25, 0.3) is 22.3 Å². The van der Waals surface area contributed by atoms with Crippen molar-refractivity contribution in [3.8, 4) is 28.3 Å². The van der Waals surface area contributed by atoms with Gasteiger partial charge in [0.1, 0.15) is 11.5 Å². The van der Waals surface area contributed by atoms with Crippen LogP contribution in [0.2, 0.25) is 0 Å². The summed E-state index contributed by atoms with van der Waals surface area (Å²) in [6, 6.07) is 17.2. The third-order valence-electron chi connectivity index (χ3n) is 5.21. The summed E-state index contributed by atoms with van der Waals surface area (Å²) in [5.41, 5.74) is 6.83. The SMILES string of the molecule is C.CCc1noc(C)c1-c1ccccc1C#N.CCc1noc(C)c1-c1ccccc1C=O. The Labute approximate surface area is 194 Å². The molecule has 0 fully saturated rings. The van der Waals surface area contributed by atoms with E-state index >= 15 is 0 Å². The number of benzene rings is 2. The van der Waals surface area contributed by atoms with Crippen molar-refractivity contribution in [2.24, 2.45) is 0 Å². The monoisotopic (exact) mass is 443 g/mol. The zero-order valence-corrected chi connectivity index (χ0v) is 18.7. The largest absolute Gasteiger partial charge is 0.361 e. The molecular formula is C27H29N3O3. The van der Waals surface area contributed by atoms with Crippen LogP contribution in [0.15, 0.2) is 57.6 Å². The second kappa shape index (κ2) is 11.6. The van der Waals surface area contributed by atoms with Gasteiger partial charge in [0.05, 0.1) is 23.0 Å². The average molecular weight is 444 g/mol. The molecule has 4 aromatic rings. The van der Waals surface area contributed by atoms with E-state index in [9.17, 15) is 4.79 Å². The van der Waals surface area contributed by atoms with Crippen molar-refractivity contribution < 1.29 is 13.8 Å². The van der Waals surface area contributed by atoms with Crippen LogP contribution < -0.4 is 0 Å². The van der Waals surface area contributed by atoms with Crippen molar-refractivity contribution in [3.63, 3.8) is 0 Å². The van der Waals surface area contributed by atoms with Crippen molar-refractivity contribution in [1.29, 1.82) is 5.26 Å². The topological polar surface area (TPSA) is 92.9 Å². The van der Waals surface area contributed by atoms with Crippen LogP contribution in [0.3, 0.4) is 0 Å². The number of hydrogen-bond donors (Lipinski definition) is 0. The Morgan fingerprint density at radius 1 is 0.848 bits per heavy atom. The second-order valence-electron chi connectivity index (χ2n) is 7.19. The van der Waals surface area contributed by atoms with E-state index in [0.717, 1.165) is 64.3 Å². The maximum Gasteiger partial charge on any atom is 0.150 e. The van der Waals surface area contributed by atoms with E-state index in [-0.39, 0.29) is 7.43 Å². The van der Waals surface area contributed by atoms with Crippen molar-refractivity contribution >= 4 is 6.29 Å². The summed E-state index contributed by atoms with van der Waals surface area (Å²) >= 11 is 0. The third kappa shape index (κ3) is 5.27. The second-order valence-corrected chi connectivity index (χ2v) is 7.19. The first-order valence-electron chi connectivity index (χ1n) is 10.5. The molecule has 2 heterocycles. The molecule has 0 aliphatic carbocycles. The molecule has 2 aromatic carbocycles. The van der Waals surface area contributed by atoms with Gasteiger partial charge < -0.3 is 9.05 Å². The molecule has 170 valence electrons. The summed E-state index contributed by atoms with van der Waals surface area (Å²) in [5, 5.41) is 17.1. The molecular weight excluding hydrogens is 414 g/mol. The van der Waals surface area contributed by atoms with Crippen LogP contribution >= 0.6 is 0 Å². The molecule has 0 aliphatic rings. The van der Waals surface area contributed by atoms with E-state index in [4.69, 9.17) is 14.3 Å². The molecule has 0 aliphatic heterocycles. The summed E-state index contributed by atoms with van der Waals surface area (Å²) < 4.78 is 10.4. The number of hydrogen-bond acceptors (Lipinski definition) is 6. The maximum absolute atomic E-state index is 11.0. The van der Waals surface area contributed by atoms with Gasteiger partial charge in [-0.15, -0.1) is 0 Å². The minimum atomic E-state index is 0. The first-order chi connectivity index (χ1) is 15.5. The number of carbonyl (C=O) groups excluding carboxylic acids is 1. The lowest BCUT2D eigenvalue weighted by Gasteiger charge is -2.03. The van der Waals surface area contributed by atoms with Crippen LogP contribution in [0.5, 0.6) is 0 Å². The van der Waals surface area contributed by atoms with E-state index in [1.165, 1.54) is 0 Å². The molecule has 6 heteroatoms. The van der Waals surface area contributed by atoms with Crippen molar-refractivity contribution in [2.45, 2.75) is 48.0 Å². The summed E-state index contributed by atoms with van der Waals surface area (Å²) in [5.74, 6) is 1.52. The number of nitrogens with zero attached hydrogens (tertiary/aromatic N) is 3. The van der Waals surface area contributed by atoms with Gasteiger partial charge in [-0.05, 0) is 38.3 Å². The lowest BCUT2D eigenvalue weighted by Crippen LogP contribution is -1.91. The molecule has 0 saturated heterocycles. The number of aldehydes is 1. The van der Waals surface area contributed by atoms with Gasteiger partial charge >= 0.3 is 0 Å². The van der Waals surface area contributed by atoms with Gasteiger partial charge in [0.25, 0.3) is 0 Å². The first kappa shape index (κ1) is 25.3. The molecule has 0 spiro atoms. The van der Waals surface area contributed by atoms with E-state index in [0.29, 0.717) is 11.1 Å². The minimum Gasteiger partial charge on any atom is -0.361 e. The Hall–Kier alpha value is -3.98. The van der Waals surface area contributed by atoms with Crippen molar-refractivity contribution in [1.82, 2.24) is 10.3 Å². The fraction of sp³-hybridized carbons (Fsp3) is 0.259. The van der Waals surface area contributed by atoms with E-state index in [1.807, 2.05) is 64.1 Å². The summed E-state index contributed by atoms with van der Waals surface area (Å²) in [6.45, 7) is 7.78. The summed E-state index contributed by atoms with van der Waals surface area (Å²) in [4.78, 5) is 11.0. The predicted octanol–water partition coefficient (Wildman–Crippen LogP) is 6.75. The zero-order valence-electron chi connectivity index (χ0n) is 18.7. The fourth-order valence-corrected chi connectivity index (χ4v) is 3.64. The number of carbonyl (C=O) groups is 1. The Bertz CT molecular complexity index is 1260. The Balaban J connectivity index is 0.000000227. The Morgan fingerprint density at radius 3 is 1.85 bits per heavy atom. The average Bonchev–Trinajstić information content (AvgIpc) is 3.40. The molecule has 2 aromatic heterocycles. The van der Waals surface area contributed by atoms with Crippen molar-refractivity contribution in [3.05, 3.63) is 82.6 Å². The Kier molecular flexibility index (Phi) is 8.88. The lowest BCUT2D eigenvalue weighted by molar-refractivity contribution is 0.112. The zero-order chi connectivity index (χ0) is 23.1. The maximum atomic E-state index is 11.0. The number of aromatic nitrogens is 2. The van der Waals surface area contributed by atoms with Crippen molar-refractivity contribution in [2.75, 3.05) is 0 Å². The molecule has 0 amide bonds. The summed E-state index contributed by atoms with van der Waals surface area (Å²) in [7, 11) is 0. The summed E-state index contributed by atoms with van der Waals surface area (Å²) in [6.07, 6.45) is 2.45. The highest BCUT2D eigenvalue weighted by Gasteiger charge is 2.16. The van der Waals surface area contributed by atoms with E-state index in [1.54, 1.807) is 12.1 Å². The van der Waals surface area contributed by atoms with Gasteiger partial charge in [-0.25, -0.2) is 0 Å². The van der Waals surface area contributed by atoms with E-state index < -0.39 is 0 Å². The molecule has 0 radical (unpaired) electrons. The molecule has 0 atom stereocenters. The van der Waals surface area contributed by atoms with Gasteiger partial charge in [0.15, 0.2) is 6.29 Å². The van der Waals surface area contributed by atoms with Crippen LogP contribution in [-0.4, -0.2) is 16.6 Å². The minimum absolute atomic E-state index is 0. The third-order valence-corrected chi connectivity index (χ3v) is 5.21. The first-order valence-corrected chi connectivity index (χ1v) is 10.5. The highest BCUT2D eigenvalue weighted by atomic mass is 16.5. The van der Waals surface area contributed by atoms with Gasteiger partial charge in [0.2, 0.25) is 0 Å². The van der Waals surface area contributed by atoms with Gasteiger partial charge in [0, 0.05) is 22.3 Å². The molecule has 33 heavy (non-hydrogen) atoms. The van der Waals surface area contributed by atoms with Gasteiger partial charge in [-0.1, -0.05) is 74.1 Å². The predicted molar refractivity (Wildman–Crippen MR) is 129 cm³/mol. The molecule has 6 nitrogen and oxygen atoms in total. The highest BCUT2D eigenvalue weighted by molar-refractivity contribution is 5.88. The number of aryl methyl sites for hydroxylation is 4. The smallest absolute Gasteiger partial charge is 0.150 e.